The minimum Gasteiger partial charge on any atom is -0.308 e. The highest BCUT2D eigenvalue weighted by Gasteiger charge is 2.24. The molecule has 104 valence electrons. The molecule has 1 aliphatic carbocycles. The molecule has 0 saturated heterocycles. The maximum Gasteiger partial charge on any atom is 0.0409 e. The lowest BCUT2D eigenvalue weighted by Gasteiger charge is -2.24. The summed E-state index contributed by atoms with van der Waals surface area (Å²) in [6.07, 6.45) is 2.22. The lowest BCUT2D eigenvalue weighted by Crippen LogP contribution is -2.22. The van der Waals surface area contributed by atoms with Crippen molar-refractivity contribution in [3.05, 3.63) is 69.7 Å². The lowest BCUT2D eigenvalue weighted by molar-refractivity contribution is 0.391. The zero-order valence-corrected chi connectivity index (χ0v) is 12.8. The van der Waals surface area contributed by atoms with Crippen molar-refractivity contribution in [2.24, 2.45) is 0 Å². The van der Waals surface area contributed by atoms with Crippen molar-refractivity contribution in [3.8, 4) is 0 Å². The van der Waals surface area contributed by atoms with Crippen LogP contribution in [0.2, 0.25) is 5.02 Å². The van der Waals surface area contributed by atoms with E-state index in [1.807, 2.05) is 6.07 Å². The molecule has 0 aromatic heterocycles. The third-order valence-corrected chi connectivity index (χ3v) is 4.36. The van der Waals surface area contributed by atoms with Crippen molar-refractivity contribution in [1.29, 1.82) is 0 Å². The minimum absolute atomic E-state index is 0.414. The Bertz CT molecular complexity index is 619. The Hall–Kier alpha value is -1.31. The van der Waals surface area contributed by atoms with Crippen LogP contribution in [0.3, 0.4) is 0 Å². The average molecular weight is 286 g/mol. The summed E-state index contributed by atoms with van der Waals surface area (Å²) >= 11 is 6.25. The van der Waals surface area contributed by atoms with Crippen molar-refractivity contribution in [2.75, 3.05) is 20.6 Å². The zero-order chi connectivity index (χ0) is 14.1. The van der Waals surface area contributed by atoms with Gasteiger partial charge in [-0.15, -0.1) is 0 Å². The standard InChI is InChI=1S/C18H20ClN/c1-20(2)12-18-16-6-4-3-5-13(16)7-8-14-9-10-15(19)11-17(14)18/h3-6,9-11,18H,7-8,12H2,1-2H3. The molecule has 1 atom stereocenters. The van der Waals surface area contributed by atoms with E-state index < -0.39 is 0 Å². The molecule has 0 saturated carbocycles. The van der Waals surface area contributed by atoms with Crippen molar-refractivity contribution in [1.82, 2.24) is 4.90 Å². The van der Waals surface area contributed by atoms with E-state index in [1.165, 1.54) is 22.3 Å². The molecule has 1 unspecified atom stereocenters. The van der Waals surface area contributed by atoms with E-state index in [0.717, 1.165) is 24.4 Å². The molecule has 1 aliphatic rings. The van der Waals surface area contributed by atoms with E-state index in [2.05, 4.69) is 55.4 Å². The van der Waals surface area contributed by atoms with Gasteiger partial charge in [0.2, 0.25) is 0 Å². The number of nitrogens with zero attached hydrogens (tertiary/aromatic N) is 1. The highest BCUT2D eigenvalue weighted by molar-refractivity contribution is 6.30. The van der Waals surface area contributed by atoms with Gasteiger partial charge in [0.15, 0.2) is 0 Å². The Morgan fingerprint density at radius 1 is 1.00 bits per heavy atom. The summed E-state index contributed by atoms with van der Waals surface area (Å²) in [5, 5.41) is 0.840. The minimum atomic E-state index is 0.414. The van der Waals surface area contributed by atoms with Crippen LogP contribution < -0.4 is 0 Å². The fraction of sp³-hybridized carbons (Fsp3) is 0.333. The molecule has 1 nitrogen and oxygen atoms in total. The van der Waals surface area contributed by atoms with Crippen molar-refractivity contribution in [3.63, 3.8) is 0 Å². The molecule has 0 spiro atoms. The first-order chi connectivity index (χ1) is 9.65. The van der Waals surface area contributed by atoms with Crippen LogP contribution >= 0.6 is 11.6 Å². The average Bonchev–Trinajstić information content (AvgIpc) is 2.57. The van der Waals surface area contributed by atoms with Gasteiger partial charge in [0.25, 0.3) is 0 Å². The van der Waals surface area contributed by atoms with Gasteiger partial charge in [-0.05, 0) is 61.3 Å². The SMILES string of the molecule is CN(C)CC1c2ccccc2CCc2ccc(Cl)cc21. The van der Waals surface area contributed by atoms with Crippen LogP contribution in [-0.2, 0) is 12.8 Å². The number of hydrogen-bond acceptors (Lipinski definition) is 1. The van der Waals surface area contributed by atoms with Crippen LogP contribution in [0, 0.1) is 0 Å². The number of fused-ring (bicyclic) bond motifs is 2. The normalized spacial score (nSPS) is 17.5. The summed E-state index contributed by atoms with van der Waals surface area (Å²) in [7, 11) is 4.27. The monoisotopic (exact) mass is 285 g/mol. The van der Waals surface area contributed by atoms with Crippen LogP contribution in [0.1, 0.15) is 28.2 Å². The quantitative estimate of drug-likeness (QED) is 0.802. The first-order valence-corrected chi connectivity index (χ1v) is 7.54. The molecule has 20 heavy (non-hydrogen) atoms. The molecule has 2 aromatic carbocycles. The Morgan fingerprint density at radius 2 is 1.70 bits per heavy atom. The fourth-order valence-corrected chi connectivity index (χ4v) is 3.40. The predicted molar refractivity (Wildman–Crippen MR) is 85.7 cm³/mol. The molecule has 0 radical (unpaired) electrons. The van der Waals surface area contributed by atoms with E-state index in [-0.39, 0.29) is 0 Å². The Morgan fingerprint density at radius 3 is 2.45 bits per heavy atom. The van der Waals surface area contributed by atoms with Crippen LogP contribution in [0.4, 0.5) is 0 Å². The number of likely N-dealkylation sites (N-methyl/N-ethyl adjacent to an activating group) is 1. The second kappa shape index (κ2) is 5.59. The van der Waals surface area contributed by atoms with Crippen LogP contribution in [0.5, 0.6) is 0 Å². The van der Waals surface area contributed by atoms with Gasteiger partial charge in [0.05, 0.1) is 0 Å². The van der Waals surface area contributed by atoms with Crippen LogP contribution in [-0.4, -0.2) is 25.5 Å². The maximum absolute atomic E-state index is 6.25. The number of benzene rings is 2. The molecule has 3 rings (SSSR count). The summed E-state index contributed by atoms with van der Waals surface area (Å²) in [5.41, 5.74) is 5.78. The molecule has 0 heterocycles. The van der Waals surface area contributed by atoms with Gasteiger partial charge in [-0.2, -0.15) is 0 Å². The molecule has 0 bridgehead atoms. The molecular formula is C18H20ClN. The number of hydrogen-bond donors (Lipinski definition) is 0. The van der Waals surface area contributed by atoms with Gasteiger partial charge in [-0.1, -0.05) is 41.9 Å². The van der Waals surface area contributed by atoms with E-state index in [0.29, 0.717) is 5.92 Å². The van der Waals surface area contributed by atoms with E-state index in [4.69, 9.17) is 11.6 Å². The fourth-order valence-electron chi connectivity index (χ4n) is 3.22. The molecule has 2 aromatic rings. The van der Waals surface area contributed by atoms with Gasteiger partial charge in [0, 0.05) is 17.5 Å². The Labute approximate surface area is 126 Å². The summed E-state index contributed by atoms with van der Waals surface area (Å²) < 4.78 is 0. The molecule has 0 aliphatic heterocycles. The summed E-state index contributed by atoms with van der Waals surface area (Å²) in [4.78, 5) is 2.26. The van der Waals surface area contributed by atoms with Crippen molar-refractivity contribution < 1.29 is 0 Å². The Kier molecular flexibility index (Phi) is 3.82. The topological polar surface area (TPSA) is 3.24 Å². The predicted octanol–water partition coefficient (Wildman–Crippen LogP) is 4.13. The molecular weight excluding hydrogens is 266 g/mol. The van der Waals surface area contributed by atoms with Gasteiger partial charge in [-0.25, -0.2) is 0 Å². The second-order valence-electron chi connectivity index (χ2n) is 5.86. The van der Waals surface area contributed by atoms with E-state index in [1.54, 1.807) is 0 Å². The first kappa shape index (κ1) is 13.7. The summed E-state index contributed by atoms with van der Waals surface area (Å²) in [6.45, 7) is 1.02. The van der Waals surface area contributed by atoms with Gasteiger partial charge in [-0.3, -0.25) is 0 Å². The molecule has 0 fully saturated rings. The molecule has 2 heteroatoms. The molecule has 0 amide bonds. The molecule has 0 N–H and O–H groups in total. The number of rotatable bonds is 2. The van der Waals surface area contributed by atoms with E-state index >= 15 is 0 Å². The van der Waals surface area contributed by atoms with Crippen LogP contribution in [0.25, 0.3) is 0 Å². The third-order valence-electron chi connectivity index (χ3n) is 4.13. The van der Waals surface area contributed by atoms with E-state index in [9.17, 15) is 0 Å². The van der Waals surface area contributed by atoms with Crippen molar-refractivity contribution in [2.45, 2.75) is 18.8 Å². The summed E-state index contributed by atoms with van der Waals surface area (Å²) in [6, 6.07) is 15.2. The highest BCUT2D eigenvalue weighted by Crippen LogP contribution is 2.35. The summed E-state index contributed by atoms with van der Waals surface area (Å²) in [5.74, 6) is 0.414. The third kappa shape index (κ3) is 2.61. The first-order valence-electron chi connectivity index (χ1n) is 7.16. The second-order valence-corrected chi connectivity index (χ2v) is 6.29. The number of halogens is 1. The largest absolute Gasteiger partial charge is 0.308 e. The van der Waals surface area contributed by atoms with Crippen LogP contribution in [0.15, 0.2) is 42.5 Å². The number of aryl methyl sites for hydroxylation is 2. The van der Waals surface area contributed by atoms with Crippen molar-refractivity contribution >= 4 is 11.6 Å². The van der Waals surface area contributed by atoms with Gasteiger partial charge >= 0.3 is 0 Å². The smallest absolute Gasteiger partial charge is 0.0409 e. The van der Waals surface area contributed by atoms with Gasteiger partial charge in [0.1, 0.15) is 0 Å². The zero-order valence-electron chi connectivity index (χ0n) is 12.1. The highest BCUT2D eigenvalue weighted by atomic mass is 35.5. The lowest BCUT2D eigenvalue weighted by atomic mass is 9.88. The van der Waals surface area contributed by atoms with Gasteiger partial charge < -0.3 is 4.90 Å². The maximum atomic E-state index is 6.25. The Balaban J connectivity index is 2.15.